The first-order valence-corrected chi connectivity index (χ1v) is 12.1. The van der Waals surface area contributed by atoms with Crippen LogP contribution in [-0.2, 0) is 6.42 Å². The fraction of sp³-hybridized carbons (Fsp3) is 0.107. The molecule has 0 fully saturated rings. The van der Waals surface area contributed by atoms with Crippen molar-refractivity contribution in [1.29, 1.82) is 0 Å². The van der Waals surface area contributed by atoms with E-state index in [0.29, 0.717) is 34.5 Å². The van der Waals surface area contributed by atoms with E-state index in [0.717, 1.165) is 11.1 Å². The summed E-state index contributed by atoms with van der Waals surface area (Å²) in [5, 5.41) is 0.554. The van der Waals surface area contributed by atoms with E-state index in [9.17, 15) is 4.79 Å². The third-order valence-corrected chi connectivity index (χ3v) is 6.60. The summed E-state index contributed by atoms with van der Waals surface area (Å²) in [6, 6.07) is 22.9. The summed E-state index contributed by atoms with van der Waals surface area (Å²) in [7, 11) is 1.57. The van der Waals surface area contributed by atoms with Gasteiger partial charge in [-0.1, -0.05) is 83.9 Å². The number of H-pyrrole nitrogens is 1. The number of pyridine rings is 1. The molecular formula is C28H22Cl2N4O2. The Morgan fingerprint density at radius 3 is 2.31 bits per heavy atom. The van der Waals surface area contributed by atoms with Crippen LogP contribution in [0, 0.1) is 0 Å². The number of anilines is 1. The van der Waals surface area contributed by atoms with Gasteiger partial charge >= 0.3 is 0 Å². The predicted molar refractivity (Wildman–Crippen MR) is 143 cm³/mol. The average molecular weight is 517 g/mol. The van der Waals surface area contributed by atoms with Gasteiger partial charge in [0, 0.05) is 12.4 Å². The second-order valence-electron chi connectivity index (χ2n) is 8.18. The molecule has 0 aliphatic heterocycles. The molecular weight excluding hydrogens is 495 g/mol. The van der Waals surface area contributed by atoms with E-state index in [1.54, 1.807) is 30.5 Å². The number of fused-ring (bicyclic) bond motifs is 1. The van der Waals surface area contributed by atoms with Crippen LogP contribution in [0.5, 0.6) is 5.75 Å². The number of aromatic nitrogens is 3. The van der Waals surface area contributed by atoms with Crippen molar-refractivity contribution in [3.8, 4) is 5.75 Å². The lowest BCUT2D eigenvalue weighted by Gasteiger charge is -2.34. The molecule has 180 valence electrons. The summed E-state index contributed by atoms with van der Waals surface area (Å²) < 4.78 is 5.44. The van der Waals surface area contributed by atoms with Gasteiger partial charge in [0.15, 0.2) is 0 Å². The Morgan fingerprint density at radius 1 is 0.972 bits per heavy atom. The molecule has 1 atom stereocenters. The summed E-state index contributed by atoms with van der Waals surface area (Å²) in [5.41, 5.74) is 3.94. The van der Waals surface area contributed by atoms with Crippen LogP contribution < -0.4 is 9.64 Å². The molecule has 36 heavy (non-hydrogen) atoms. The maximum absolute atomic E-state index is 14.5. The molecule has 0 aliphatic rings. The molecule has 0 aliphatic carbocycles. The van der Waals surface area contributed by atoms with Gasteiger partial charge in [-0.3, -0.25) is 14.7 Å². The lowest BCUT2D eigenvalue weighted by molar-refractivity contribution is 0.0977. The van der Waals surface area contributed by atoms with Crippen LogP contribution in [0.25, 0.3) is 11.0 Å². The van der Waals surface area contributed by atoms with Gasteiger partial charge in [-0.25, -0.2) is 4.98 Å². The summed E-state index contributed by atoms with van der Waals surface area (Å²) in [5.74, 6) is 0.282. The number of ether oxygens (including phenoxy) is 1. The lowest BCUT2D eigenvalue weighted by Crippen LogP contribution is -2.37. The van der Waals surface area contributed by atoms with Crippen molar-refractivity contribution in [2.24, 2.45) is 0 Å². The highest BCUT2D eigenvalue weighted by Crippen LogP contribution is 2.41. The van der Waals surface area contributed by atoms with Crippen molar-refractivity contribution in [3.05, 3.63) is 118 Å². The SMILES string of the molecule is COc1ccc(C(=O)N(c2c(Cl)cncc2Cl)[C@H](Cc2ccccc2)c2ccccc2)c2[nH]cnc12. The minimum absolute atomic E-state index is 0.277. The van der Waals surface area contributed by atoms with Gasteiger partial charge in [0.2, 0.25) is 0 Å². The molecule has 2 aromatic heterocycles. The average Bonchev–Trinajstić information content (AvgIpc) is 3.40. The number of imidazole rings is 1. The van der Waals surface area contributed by atoms with Crippen LogP contribution in [0.2, 0.25) is 10.0 Å². The quantitative estimate of drug-likeness (QED) is 0.255. The maximum Gasteiger partial charge on any atom is 0.261 e. The first kappa shape index (κ1) is 23.9. The van der Waals surface area contributed by atoms with Crippen molar-refractivity contribution in [2.75, 3.05) is 12.0 Å². The Bertz CT molecular complexity index is 1490. The Kier molecular flexibility index (Phi) is 6.89. The minimum atomic E-state index is -0.418. The van der Waals surface area contributed by atoms with E-state index >= 15 is 0 Å². The molecule has 0 spiro atoms. The number of amides is 1. The lowest BCUT2D eigenvalue weighted by atomic mass is 9.95. The number of aromatic amines is 1. The van der Waals surface area contributed by atoms with Crippen LogP contribution >= 0.6 is 23.2 Å². The van der Waals surface area contributed by atoms with E-state index in [1.807, 2.05) is 60.7 Å². The van der Waals surface area contributed by atoms with Crippen LogP contribution in [0.1, 0.15) is 27.5 Å². The Balaban J connectivity index is 1.73. The first-order chi connectivity index (χ1) is 17.6. The Hall–Kier alpha value is -3.87. The number of benzene rings is 3. The minimum Gasteiger partial charge on any atom is -0.494 e. The molecule has 0 radical (unpaired) electrons. The number of rotatable bonds is 7. The van der Waals surface area contributed by atoms with Crippen molar-refractivity contribution < 1.29 is 9.53 Å². The monoisotopic (exact) mass is 516 g/mol. The molecule has 0 unspecified atom stereocenters. The molecule has 1 amide bonds. The number of hydrogen-bond acceptors (Lipinski definition) is 4. The van der Waals surface area contributed by atoms with Crippen molar-refractivity contribution in [1.82, 2.24) is 15.0 Å². The molecule has 3 aromatic carbocycles. The molecule has 0 bridgehead atoms. The molecule has 6 nitrogen and oxygen atoms in total. The van der Waals surface area contributed by atoms with E-state index in [4.69, 9.17) is 27.9 Å². The van der Waals surface area contributed by atoms with E-state index in [1.165, 1.54) is 12.4 Å². The van der Waals surface area contributed by atoms with Gasteiger partial charge < -0.3 is 9.72 Å². The summed E-state index contributed by atoms with van der Waals surface area (Å²) in [6.07, 6.45) is 5.06. The van der Waals surface area contributed by atoms with Gasteiger partial charge in [-0.05, 0) is 29.7 Å². The second-order valence-corrected chi connectivity index (χ2v) is 9.00. The van der Waals surface area contributed by atoms with Gasteiger partial charge in [0.1, 0.15) is 11.3 Å². The third-order valence-electron chi connectivity index (χ3n) is 6.05. The van der Waals surface area contributed by atoms with Crippen LogP contribution in [0.4, 0.5) is 5.69 Å². The number of carbonyl (C=O) groups is 1. The zero-order valence-electron chi connectivity index (χ0n) is 19.4. The topological polar surface area (TPSA) is 71.1 Å². The van der Waals surface area contributed by atoms with Crippen LogP contribution in [-0.4, -0.2) is 28.0 Å². The third kappa shape index (κ3) is 4.53. The van der Waals surface area contributed by atoms with E-state index < -0.39 is 6.04 Å². The summed E-state index contributed by atoms with van der Waals surface area (Å²) in [6.45, 7) is 0. The molecule has 5 aromatic rings. The van der Waals surface area contributed by atoms with Crippen LogP contribution in [0.3, 0.4) is 0 Å². The van der Waals surface area contributed by atoms with Crippen molar-refractivity contribution in [2.45, 2.75) is 12.5 Å². The summed E-state index contributed by atoms with van der Waals surface area (Å²) >= 11 is 13.3. The highest BCUT2D eigenvalue weighted by Gasteiger charge is 2.33. The number of carbonyl (C=O) groups excluding carboxylic acids is 1. The van der Waals surface area contributed by atoms with Crippen LogP contribution in [0.15, 0.2) is 91.5 Å². The van der Waals surface area contributed by atoms with E-state index in [2.05, 4.69) is 15.0 Å². The second kappa shape index (κ2) is 10.4. The fourth-order valence-electron chi connectivity index (χ4n) is 4.38. The van der Waals surface area contributed by atoms with Crippen molar-refractivity contribution in [3.63, 3.8) is 0 Å². The zero-order valence-corrected chi connectivity index (χ0v) is 20.9. The fourth-order valence-corrected chi connectivity index (χ4v) is 4.93. The Morgan fingerprint density at radius 2 is 1.64 bits per heavy atom. The van der Waals surface area contributed by atoms with Gasteiger partial charge in [0.05, 0.1) is 46.3 Å². The standard InChI is InChI=1S/C28H22Cl2N4O2/c1-36-24-13-12-20(25-26(24)33-17-32-25)28(35)34(27-21(29)15-31-16-22(27)30)23(19-10-6-3-7-11-19)14-18-8-4-2-5-9-18/h2-13,15-17,23H,14H2,1H3,(H,32,33)/t23-/m1/s1. The highest BCUT2D eigenvalue weighted by molar-refractivity contribution is 6.40. The molecule has 8 heteroatoms. The molecule has 5 rings (SSSR count). The molecule has 0 saturated heterocycles. The van der Waals surface area contributed by atoms with Crippen molar-refractivity contribution >= 4 is 45.8 Å². The molecule has 1 N–H and O–H groups in total. The number of nitrogens with zero attached hydrogens (tertiary/aromatic N) is 3. The zero-order chi connectivity index (χ0) is 25.1. The smallest absolute Gasteiger partial charge is 0.261 e. The predicted octanol–water partition coefficient (Wildman–Crippen LogP) is 6.90. The number of hydrogen-bond donors (Lipinski definition) is 1. The summed E-state index contributed by atoms with van der Waals surface area (Å²) in [4.78, 5) is 27.7. The van der Waals surface area contributed by atoms with E-state index in [-0.39, 0.29) is 16.0 Å². The largest absolute Gasteiger partial charge is 0.494 e. The maximum atomic E-state index is 14.5. The van der Waals surface area contributed by atoms with Gasteiger partial charge in [-0.2, -0.15) is 0 Å². The van der Waals surface area contributed by atoms with Gasteiger partial charge in [-0.15, -0.1) is 0 Å². The molecule has 0 saturated carbocycles. The number of nitrogens with one attached hydrogen (secondary N) is 1. The Labute approximate surface area is 218 Å². The number of methoxy groups -OCH3 is 1. The van der Waals surface area contributed by atoms with Gasteiger partial charge in [0.25, 0.3) is 5.91 Å². The first-order valence-electron chi connectivity index (χ1n) is 11.3. The molecule has 2 heterocycles. The normalized spacial score (nSPS) is 11.9. The number of halogens is 2. The highest BCUT2D eigenvalue weighted by atomic mass is 35.5.